The maximum Gasteiger partial charge on any atom is 0.256 e. The zero-order chi connectivity index (χ0) is 13.1. The van der Waals surface area contributed by atoms with Gasteiger partial charge in [-0.05, 0) is 28.1 Å². The summed E-state index contributed by atoms with van der Waals surface area (Å²) in [5.41, 5.74) is 2.27. The van der Waals surface area contributed by atoms with Gasteiger partial charge in [-0.2, -0.15) is 0 Å². The first-order chi connectivity index (χ1) is 8.58. The SMILES string of the molecule is CN(C)c1ccncc1NC(=O)c1csc(Br)c1. The van der Waals surface area contributed by atoms with Gasteiger partial charge >= 0.3 is 0 Å². The summed E-state index contributed by atoms with van der Waals surface area (Å²) in [5.74, 6) is -0.131. The standard InChI is InChI=1S/C12H12BrN3OS/c1-16(2)10-3-4-14-6-9(10)15-12(17)8-5-11(13)18-7-8/h3-7H,1-2H3,(H,15,17). The highest BCUT2D eigenvalue weighted by Gasteiger charge is 2.11. The fourth-order valence-electron chi connectivity index (χ4n) is 1.50. The second-order valence-corrected chi connectivity index (χ2v) is 6.17. The zero-order valence-corrected chi connectivity index (χ0v) is 12.4. The van der Waals surface area contributed by atoms with Crippen LogP contribution in [0, 0.1) is 0 Å². The fraction of sp³-hybridized carbons (Fsp3) is 0.167. The van der Waals surface area contributed by atoms with Crippen molar-refractivity contribution in [1.82, 2.24) is 4.98 Å². The molecular weight excluding hydrogens is 314 g/mol. The van der Waals surface area contributed by atoms with Gasteiger partial charge in [0.1, 0.15) is 0 Å². The van der Waals surface area contributed by atoms with E-state index in [2.05, 4.69) is 26.2 Å². The van der Waals surface area contributed by atoms with Crippen LogP contribution in [0.2, 0.25) is 0 Å². The molecule has 1 amide bonds. The molecule has 2 aromatic rings. The van der Waals surface area contributed by atoms with Gasteiger partial charge in [-0.3, -0.25) is 9.78 Å². The van der Waals surface area contributed by atoms with Crippen molar-refractivity contribution in [1.29, 1.82) is 0 Å². The van der Waals surface area contributed by atoms with Gasteiger partial charge < -0.3 is 10.2 Å². The summed E-state index contributed by atoms with van der Waals surface area (Å²) >= 11 is 4.83. The Bertz CT molecular complexity index is 568. The molecule has 0 aliphatic rings. The summed E-state index contributed by atoms with van der Waals surface area (Å²) in [4.78, 5) is 18.0. The van der Waals surface area contributed by atoms with E-state index in [0.29, 0.717) is 11.3 Å². The number of carbonyl (C=O) groups is 1. The van der Waals surface area contributed by atoms with Gasteiger partial charge in [-0.25, -0.2) is 0 Å². The van der Waals surface area contributed by atoms with E-state index >= 15 is 0 Å². The van der Waals surface area contributed by atoms with Crippen LogP contribution in [0.1, 0.15) is 10.4 Å². The molecule has 18 heavy (non-hydrogen) atoms. The predicted octanol–water partition coefficient (Wildman–Crippen LogP) is 3.22. The summed E-state index contributed by atoms with van der Waals surface area (Å²) < 4.78 is 0.937. The Labute approximate surface area is 118 Å². The number of halogens is 1. The Balaban J connectivity index is 2.22. The summed E-state index contributed by atoms with van der Waals surface area (Å²) in [6.07, 6.45) is 3.35. The molecule has 2 heterocycles. The Hall–Kier alpha value is -1.40. The number of thiophene rings is 1. The van der Waals surface area contributed by atoms with Crippen LogP contribution in [0.5, 0.6) is 0 Å². The molecule has 0 aromatic carbocycles. The van der Waals surface area contributed by atoms with Crippen molar-refractivity contribution in [2.75, 3.05) is 24.3 Å². The topological polar surface area (TPSA) is 45.2 Å². The molecule has 4 nitrogen and oxygen atoms in total. The van der Waals surface area contributed by atoms with E-state index in [9.17, 15) is 4.79 Å². The van der Waals surface area contributed by atoms with Crippen LogP contribution in [0.25, 0.3) is 0 Å². The lowest BCUT2D eigenvalue weighted by Gasteiger charge is -2.16. The second kappa shape index (κ2) is 5.49. The highest BCUT2D eigenvalue weighted by atomic mass is 79.9. The van der Waals surface area contributed by atoms with Crippen molar-refractivity contribution in [3.05, 3.63) is 39.3 Å². The lowest BCUT2D eigenvalue weighted by molar-refractivity contribution is 0.102. The van der Waals surface area contributed by atoms with Crippen molar-refractivity contribution < 1.29 is 4.79 Å². The molecule has 0 saturated heterocycles. The normalized spacial score (nSPS) is 10.2. The molecule has 0 radical (unpaired) electrons. The number of pyridine rings is 1. The largest absolute Gasteiger partial charge is 0.376 e. The van der Waals surface area contributed by atoms with E-state index < -0.39 is 0 Å². The summed E-state index contributed by atoms with van der Waals surface area (Å²) in [6.45, 7) is 0. The van der Waals surface area contributed by atoms with Crippen LogP contribution in [-0.2, 0) is 0 Å². The maximum atomic E-state index is 12.0. The number of aromatic nitrogens is 1. The van der Waals surface area contributed by atoms with E-state index in [4.69, 9.17) is 0 Å². The number of amides is 1. The highest BCUT2D eigenvalue weighted by molar-refractivity contribution is 9.11. The van der Waals surface area contributed by atoms with Gasteiger partial charge in [-0.15, -0.1) is 11.3 Å². The molecule has 0 aliphatic carbocycles. The Morgan fingerprint density at radius 1 is 1.50 bits per heavy atom. The third-order valence-corrected chi connectivity index (χ3v) is 3.86. The molecule has 0 atom stereocenters. The summed E-state index contributed by atoms with van der Waals surface area (Å²) in [6, 6.07) is 3.66. The third kappa shape index (κ3) is 2.88. The average Bonchev–Trinajstić information content (AvgIpc) is 2.76. The fourth-order valence-corrected chi connectivity index (χ4v) is 2.63. The first-order valence-corrected chi connectivity index (χ1v) is 6.92. The minimum atomic E-state index is -0.131. The first-order valence-electron chi connectivity index (χ1n) is 5.24. The molecule has 0 spiro atoms. The van der Waals surface area contributed by atoms with Gasteiger partial charge in [0.2, 0.25) is 0 Å². The molecule has 6 heteroatoms. The van der Waals surface area contributed by atoms with Crippen LogP contribution >= 0.6 is 27.3 Å². The van der Waals surface area contributed by atoms with Gasteiger partial charge in [-0.1, -0.05) is 0 Å². The monoisotopic (exact) mass is 325 g/mol. The maximum absolute atomic E-state index is 12.0. The first kappa shape index (κ1) is 13.0. The number of rotatable bonds is 3. The van der Waals surface area contributed by atoms with Crippen molar-refractivity contribution in [3.63, 3.8) is 0 Å². The van der Waals surface area contributed by atoms with E-state index in [-0.39, 0.29) is 5.91 Å². The van der Waals surface area contributed by atoms with Gasteiger partial charge in [0.05, 0.1) is 26.9 Å². The lowest BCUT2D eigenvalue weighted by Crippen LogP contribution is -2.16. The number of hydrogen-bond acceptors (Lipinski definition) is 4. The minimum Gasteiger partial charge on any atom is -0.376 e. The molecule has 2 rings (SSSR count). The molecule has 0 fully saturated rings. The number of anilines is 2. The van der Waals surface area contributed by atoms with E-state index in [1.165, 1.54) is 11.3 Å². The average molecular weight is 326 g/mol. The summed E-state index contributed by atoms with van der Waals surface area (Å²) in [7, 11) is 3.85. The highest BCUT2D eigenvalue weighted by Crippen LogP contribution is 2.25. The molecule has 1 N–H and O–H groups in total. The van der Waals surface area contributed by atoms with Gasteiger partial charge in [0.25, 0.3) is 5.91 Å². The molecule has 0 bridgehead atoms. The quantitative estimate of drug-likeness (QED) is 0.942. The van der Waals surface area contributed by atoms with Crippen LogP contribution in [0.15, 0.2) is 33.7 Å². The minimum absolute atomic E-state index is 0.131. The molecular formula is C12H12BrN3OS. The van der Waals surface area contributed by atoms with Crippen LogP contribution in [0.3, 0.4) is 0 Å². The predicted molar refractivity (Wildman–Crippen MR) is 78.5 cm³/mol. The lowest BCUT2D eigenvalue weighted by atomic mass is 10.3. The summed E-state index contributed by atoms with van der Waals surface area (Å²) in [5, 5.41) is 4.67. The molecule has 2 aromatic heterocycles. The smallest absolute Gasteiger partial charge is 0.256 e. The number of nitrogens with zero attached hydrogens (tertiary/aromatic N) is 2. The number of carbonyl (C=O) groups excluding carboxylic acids is 1. The van der Waals surface area contributed by atoms with Crippen molar-refractivity contribution >= 4 is 44.5 Å². The van der Waals surface area contributed by atoms with Crippen LogP contribution < -0.4 is 10.2 Å². The van der Waals surface area contributed by atoms with Crippen molar-refractivity contribution in [3.8, 4) is 0 Å². The van der Waals surface area contributed by atoms with E-state index in [1.807, 2.05) is 30.4 Å². The third-order valence-electron chi connectivity index (χ3n) is 2.36. The Morgan fingerprint density at radius 3 is 2.89 bits per heavy atom. The molecule has 0 unspecified atom stereocenters. The van der Waals surface area contributed by atoms with Gasteiger partial charge in [0, 0.05) is 25.7 Å². The van der Waals surface area contributed by atoms with Crippen LogP contribution in [-0.4, -0.2) is 25.0 Å². The molecule has 94 valence electrons. The Morgan fingerprint density at radius 2 is 2.28 bits per heavy atom. The molecule has 0 aliphatic heterocycles. The second-order valence-electron chi connectivity index (χ2n) is 3.88. The molecule has 0 saturated carbocycles. The van der Waals surface area contributed by atoms with Crippen LogP contribution in [0.4, 0.5) is 11.4 Å². The van der Waals surface area contributed by atoms with Gasteiger partial charge in [0.15, 0.2) is 0 Å². The van der Waals surface area contributed by atoms with Crippen molar-refractivity contribution in [2.24, 2.45) is 0 Å². The van der Waals surface area contributed by atoms with Crippen molar-refractivity contribution in [2.45, 2.75) is 0 Å². The Kier molecular flexibility index (Phi) is 3.98. The van der Waals surface area contributed by atoms with E-state index in [1.54, 1.807) is 18.5 Å². The number of hydrogen-bond donors (Lipinski definition) is 1. The number of nitrogens with one attached hydrogen (secondary N) is 1. The zero-order valence-electron chi connectivity index (χ0n) is 9.98. The van der Waals surface area contributed by atoms with E-state index in [0.717, 1.165) is 9.47 Å².